The van der Waals surface area contributed by atoms with Gasteiger partial charge in [0, 0.05) is 28.0 Å². The number of aromatic nitrogens is 1. The number of benzene rings is 3. The lowest BCUT2D eigenvalue weighted by Gasteiger charge is -2.20. The van der Waals surface area contributed by atoms with E-state index in [9.17, 15) is 0 Å². The zero-order chi connectivity index (χ0) is 22.1. The van der Waals surface area contributed by atoms with Crippen LogP contribution in [-0.2, 0) is 4.74 Å². The third-order valence-electron chi connectivity index (χ3n) is 5.89. The van der Waals surface area contributed by atoms with Crippen molar-refractivity contribution >= 4 is 22.5 Å². The quantitative estimate of drug-likeness (QED) is 0.353. The van der Waals surface area contributed by atoms with Crippen LogP contribution >= 0.6 is 11.6 Å². The van der Waals surface area contributed by atoms with Crippen molar-refractivity contribution < 1.29 is 14.2 Å². The van der Waals surface area contributed by atoms with Crippen LogP contribution in [0.2, 0.25) is 5.02 Å². The Balaban J connectivity index is 1.36. The number of hydrogen-bond acceptors (Lipinski definition) is 3. The largest absolute Gasteiger partial charge is 0.491 e. The average molecular weight is 448 g/mol. The first-order chi connectivity index (χ1) is 15.5. The minimum Gasteiger partial charge on any atom is -0.491 e. The molecule has 0 spiro atoms. The standard InChI is InChI=1S/C27H26ClNO3/c1-17-3-8-21(9-4-17)30-16-27-26(31-22-10-5-18(2)6-11-22)15-25(32-27)24-14-19-13-20(28)7-12-23(19)29-24/h3-14,25-27,29H,15-16H2,1-2H3/t25-,26+,27-/m1/s1. The summed E-state index contributed by atoms with van der Waals surface area (Å²) in [5.74, 6) is 1.67. The van der Waals surface area contributed by atoms with Gasteiger partial charge in [0.1, 0.15) is 36.4 Å². The minimum atomic E-state index is -0.197. The molecule has 0 bridgehead atoms. The molecule has 2 heterocycles. The Kier molecular flexibility index (Phi) is 5.81. The van der Waals surface area contributed by atoms with Crippen molar-refractivity contribution in [3.8, 4) is 11.5 Å². The first-order valence-corrected chi connectivity index (χ1v) is 11.3. The lowest BCUT2D eigenvalue weighted by Crippen LogP contribution is -2.32. The fourth-order valence-electron chi connectivity index (χ4n) is 4.09. The second-order valence-electron chi connectivity index (χ2n) is 8.45. The molecule has 0 amide bonds. The average Bonchev–Trinajstić information content (AvgIpc) is 3.38. The Hall–Kier alpha value is -2.95. The third kappa shape index (κ3) is 4.62. The normalized spacial score (nSPS) is 20.5. The number of hydrogen-bond donors (Lipinski definition) is 1. The topological polar surface area (TPSA) is 43.5 Å². The second-order valence-corrected chi connectivity index (χ2v) is 8.88. The summed E-state index contributed by atoms with van der Waals surface area (Å²) in [5, 5.41) is 1.80. The molecule has 4 aromatic rings. The number of ether oxygens (including phenoxy) is 3. The van der Waals surface area contributed by atoms with Crippen LogP contribution in [0, 0.1) is 13.8 Å². The molecule has 1 aliphatic rings. The maximum atomic E-state index is 6.45. The Bertz CT molecular complexity index is 1200. The maximum Gasteiger partial charge on any atom is 0.131 e. The van der Waals surface area contributed by atoms with E-state index in [-0.39, 0.29) is 18.3 Å². The molecule has 5 rings (SSSR count). The van der Waals surface area contributed by atoms with Gasteiger partial charge in [-0.25, -0.2) is 0 Å². The summed E-state index contributed by atoms with van der Waals surface area (Å²) in [4.78, 5) is 3.48. The number of rotatable bonds is 6. The molecule has 0 unspecified atom stereocenters. The van der Waals surface area contributed by atoms with Crippen LogP contribution in [0.3, 0.4) is 0 Å². The summed E-state index contributed by atoms with van der Waals surface area (Å²) >= 11 is 6.16. The second kappa shape index (κ2) is 8.89. The van der Waals surface area contributed by atoms with E-state index in [0.29, 0.717) is 6.61 Å². The molecular weight excluding hydrogens is 422 g/mol. The summed E-state index contributed by atoms with van der Waals surface area (Å²) in [6.45, 7) is 4.55. The van der Waals surface area contributed by atoms with Gasteiger partial charge >= 0.3 is 0 Å². The summed E-state index contributed by atoms with van der Waals surface area (Å²) in [6, 6.07) is 24.1. The molecule has 1 aliphatic heterocycles. The minimum absolute atomic E-state index is 0.108. The van der Waals surface area contributed by atoms with E-state index >= 15 is 0 Å². The fraction of sp³-hybridized carbons (Fsp3) is 0.259. The number of H-pyrrole nitrogens is 1. The molecule has 1 fully saturated rings. The van der Waals surface area contributed by atoms with Gasteiger partial charge in [-0.2, -0.15) is 0 Å². The highest BCUT2D eigenvalue weighted by molar-refractivity contribution is 6.31. The number of fused-ring (bicyclic) bond motifs is 1. The van der Waals surface area contributed by atoms with Crippen molar-refractivity contribution in [1.29, 1.82) is 0 Å². The van der Waals surface area contributed by atoms with E-state index in [0.717, 1.165) is 39.5 Å². The van der Waals surface area contributed by atoms with Crippen molar-refractivity contribution in [2.24, 2.45) is 0 Å². The molecular formula is C27H26ClNO3. The van der Waals surface area contributed by atoms with E-state index in [2.05, 4.69) is 37.0 Å². The van der Waals surface area contributed by atoms with Gasteiger partial charge in [0.25, 0.3) is 0 Å². The summed E-state index contributed by atoms with van der Waals surface area (Å²) in [5.41, 5.74) is 4.48. The van der Waals surface area contributed by atoms with Crippen molar-refractivity contribution in [2.75, 3.05) is 6.61 Å². The molecule has 3 aromatic carbocycles. The van der Waals surface area contributed by atoms with Crippen LogP contribution in [0.25, 0.3) is 10.9 Å². The van der Waals surface area contributed by atoms with Crippen molar-refractivity contribution in [3.05, 3.63) is 94.6 Å². The summed E-state index contributed by atoms with van der Waals surface area (Å²) in [6.07, 6.45) is 0.306. The molecule has 5 heteroatoms. The molecule has 3 atom stereocenters. The highest BCUT2D eigenvalue weighted by Crippen LogP contribution is 2.37. The molecule has 0 aliphatic carbocycles. The Morgan fingerprint density at radius 3 is 2.31 bits per heavy atom. The smallest absolute Gasteiger partial charge is 0.131 e. The van der Waals surface area contributed by atoms with Gasteiger partial charge in [-0.05, 0) is 62.4 Å². The Labute approximate surface area is 193 Å². The molecule has 1 N–H and O–H groups in total. The molecule has 0 radical (unpaired) electrons. The fourth-order valence-corrected chi connectivity index (χ4v) is 4.27. The highest BCUT2D eigenvalue weighted by atomic mass is 35.5. The van der Waals surface area contributed by atoms with E-state index in [1.54, 1.807) is 0 Å². The first kappa shape index (κ1) is 20.9. The first-order valence-electron chi connectivity index (χ1n) is 10.9. The Morgan fingerprint density at radius 1 is 0.906 bits per heavy atom. The van der Waals surface area contributed by atoms with E-state index < -0.39 is 0 Å². The van der Waals surface area contributed by atoms with Crippen LogP contribution in [0.1, 0.15) is 29.3 Å². The third-order valence-corrected chi connectivity index (χ3v) is 6.13. The summed E-state index contributed by atoms with van der Waals surface area (Å²) < 4.78 is 18.9. The lowest BCUT2D eigenvalue weighted by atomic mass is 10.1. The zero-order valence-electron chi connectivity index (χ0n) is 18.2. The highest BCUT2D eigenvalue weighted by Gasteiger charge is 2.39. The lowest BCUT2D eigenvalue weighted by molar-refractivity contribution is -0.0117. The number of aryl methyl sites for hydroxylation is 2. The van der Waals surface area contributed by atoms with Gasteiger partial charge in [-0.15, -0.1) is 0 Å². The van der Waals surface area contributed by atoms with Gasteiger partial charge < -0.3 is 19.2 Å². The SMILES string of the molecule is Cc1ccc(OC[C@H]2O[C@@H](c3cc4cc(Cl)ccc4[nH]3)C[C@@H]2Oc2ccc(C)cc2)cc1. The van der Waals surface area contributed by atoms with Gasteiger partial charge in [-0.3, -0.25) is 0 Å². The summed E-state index contributed by atoms with van der Waals surface area (Å²) in [7, 11) is 0. The van der Waals surface area contributed by atoms with Crippen LogP contribution in [0.15, 0.2) is 72.8 Å². The van der Waals surface area contributed by atoms with Crippen LogP contribution in [-0.4, -0.2) is 23.8 Å². The van der Waals surface area contributed by atoms with E-state index in [1.165, 1.54) is 11.1 Å². The number of nitrogens with one attached hydrogen (secondary N) is 1. The monoisotopic (exact) mass is 447 g/mol. The van der Waals surface area contributed by atoms with Crippen LogP contribution < -0.4 is 9.47 Å². The molecule has 164 valence electrons. The van der Waals surface area contributed by atoms with Crippen LogP contribution in [0.4, 0.5) is 0 Å². The van der Waals surface area contributed by atoms with Gasteiger partial charge in [-0.1, -0.05) is 47.0 Å². The zero-order valence-corrected chi connectivity index (χ0v) is 18.9. The molecule has 32 heavy (non-hydrogen) atoms. The van der Waals surface area contributed by atoms with Gasteiger partial charge in [0.15, 0.2) is 0 Å². The van der Waals surface area contributed by atoms with Gasteiger partial charge in [0.05, 0.1) is 0 Å². The van der Waals surface area contributed by atoms with Gasteiger partial charge in [0.2, 0.25) is 0 Å². The number of aromatic amines is 1. The molecule has 0 saturated carbocycles. The van der Waals surface area contributed by atoms with E-state index in [4.69, 9.17) is 25.8 Å². The van der Waals surface area contributed by atoms with Crippen molar-refractivity contribution in [3.63, 3.8) is 0 Å². The van der Waals surface area contributed by atoms with Crippen molar-refractivity contribution in [1.82, 2.24) is 4.98 Å². The molecule has 1 saturated heterocycles. The maximum absolute atomic E-state index is 6.45. The predicted molar refractivity (Wildman–Crippen MR) is 128 cm³/mol. The molecule has 4 nitrogen and oxygen atoms in total. The van der Waals surface area contributed by atoms with Crippen molar-refractivity contribution in [2.45, 2.75) is 38.6 Å². The Morgan fingerprint density at radius 2 is 1.59 bits per heavy atom. The predicted octanol–water partition coefficient (Wildman–Crippen LogP) is 6.79. The number of halogens is 1. The molecule has 1 aromatic heterocycles. The van der Waals surface area contributed by atoms with Crippen LogP contribution in [0.5, 0.6) is 11.5 Å². The van der Waals surface area contributed by atoms with E-state index in [1.807, 2.05) is 54.6 Å².